The lowest BCUT2D eigenvalue weighted by molar-refractivity contribution is 0.303. The van der Waals surface area contributed by atoms with Crippen molar-refractivity contribution >= 4 is 0 Å². The smallest absolute Gasteiger partial charge is 0.123 e. The average molecular weight is 539 g/mol. The second-order valence-electron chi connectivity index (χ2n) is 9.99. The standard InChI is InChI=1S/C35H42N2O3/c36-20-22-38-33-15-6-11-29(25-33)9-2-1-8-28-10-5-13-31(24-28)27-40-35-17-4-3-14-32(35)19-18-30-12-7-16-34(26-30)39-23-21-37/h3-7,10-17,24-26H,1-2,8-9,18-23,27,36-37H2. The molecule has 210 valence electrons. The zero-order valence-corrected chi connectivity index (χ0v) is 23.4. The summed E-state index contributed by atoms with van der Waals surface area (Å²) in [4.78, 5) is 0. The Kier molecular flexibility index (Phi) is 11.9. The van der Waals surface area contributed by atoms with Crippen LogP contribution < -0.4 is 25.7 Å². The SMILES string of the molecule is NCCOc1cccc(CCCCc2cccc(COc3ccccc3CCc3cccc(OCCN)c3)c2)c1. The van der Waals surface area contributed by atoms with Crippen LogP contribution >= 0.6 is 0 Å². The van der Waals surface area contributed by atoms with E-state index in [2.05, 4.69) is 72.8 Å². The second-order valence-corrected chi connectivity index (χ2v) is 9.99. The van der Waals surface area contributed by atoms with Gasteiger partial charge in [0.25, 0.3) is 0 Å². The maximum atomic E-state index is 6.31. The Morgan fingerprint density at radius 3 is 1.68 bits per heavy atom. The molecule has 0 aliphatic heterocycles. The average Bonchev–Trinajstić information content (AvgIpc) is 3.00. The van der Waals surface area contributed by atoms with Crippen molar-refractivity contribution < 1.29 is 14.2 Å². The molecule has 0 aromatic heterocycles. The van der Waals surface area contributed by atoms with Crippen molar-refractivity contribution in [2.24, 2.45) is 11.5 Å². The zero-order valence-electron chi connectivity index (χ0n) is 23.4. The lowest BCUT2D eigenvalue weighted by Crippen LogP contribution is -2.10. The third-order valence-electron chi connectivity index (χ3n) is 6.79. The molecule has 5 nitrogen and oxygen atoms in total. The van der Waals surface area contributed by atoms with Crippen LogP contribution in [-0.4, -0.2) is 26.3 Å². The number of benzene rings is 4. The predicted molar refractivity (Wildman–Crippen MR) is 163 cm³/mol. The summed E-state index contributed by atoms with van der Waals surface area (Å²) in [5.41, 5.74) is 17.4. The summed E-state index contributed by atoms with van der Waals surface area (Å²) in [5, 5.41) is 0. The topological polar surface area (TPSA) is 79.7 Å². The fourth-order valence-corrected chi connectivity index (χ4v) is 4.76. The first kappa shape index (κ1) is 29.2. The van der Waals surface area contributed by atoms with Crippen LogP contribution in [0.3, 0.4) is 0 Å². The number of unbranched alkanes of at least 4 members (excludes halogenated alkanes) is 1. The first-order chi connectivity index (χ1) is 19.7. The normalized spacial score (nSPS) is 10.8. The Hall–Kier alpha value is -3.80. The Labute approximate surface area is 239 Å². The summed E-state index contributed by atoms with van der Waals surface area (Å²) in [5.74, 6) is 2.72. The summed E-state index contributed by atoms with van der Waals surface area (Å²) >= 11 is 0. The highest BCUT2D eigenvalue weighted by Gasteiger charge is 2.06. The minimum absolute atomic E-state index is 0.513. The molecule has 0 heterocycles. The van der Waals surface area contributed by atoms with Gasteiger partial charge in [-0.05, 0) is 96.7 Å². The van der Waals surface area contributed by atoms with Crippen LogP contribution in [-0.2, 0) is 32.3 Å². The molecule has 0 saturated carbocycles. The Balaban J connectivity index is 1.25. The van der Waals surface area contributed by atoms with Crippen molar-refractivity contribution in [3.05, 3.63) is 125 Å². The van der Waals surface area contributed by atoms with E-state index in [-0.39, 0.29) is 0 Å². The number of para-hydroxylation sites is 1. The molecule has 0 radical (unpaired) electrons. The molecule has 0 aliphatic carbocycles. The number of aryl methyl sites for hydroxylation is 4. The third-order valence-corrected chi connectivity index (χ3v) is 6.79. The van der Waals surface area contributed by atoms with E-state index in [9.17, 15) is 0 Å². The van der Waals surface area contributed by atoms with Crippen molar-refractivity contribution in [1.29, 1.82) is 0 Å². The molecule has 0 aliphatic rings. The number of rotatable bonds is 17. The van der Waals surface area contributed by atoms with Crippen LogP contribution in [0.15, 0.2) is 97.1 Å². The van der Waals surface area contributed by atoms with Gasteiger partial charge in [-0.3, -0.25) is 0 Å². The molecule has 0 unspecified atom stereocenters. The van der Waals surface area contributed by atoms with Crippen LogP contribution in [0, 0.1) is 0 Å². The number of hydrogen-bond acceptors (Lipinski definition) is 5. The zero-order chi connectivity index (χ0) is 27.8. The van der Waals surface area contributed by atoms with Gasteiger partial charge in [0.2, 0.25) is 0 Å². The summed E-state index contributed by atoms with van der Waals surface area (Å²) < 4.78 is 17.6. The minimum Gasteiger partial charge on any atom is -0.492 e. The van der Waals surface area contributed by atoms with Crippen molar-refractivity contribution in [3.8, 4) is 17.2 Å². The van der Waals surface area contributed by atoms with E-state index < -0.39 is 0 Å². The van der Waals surface area contributed by atoms with Gasteiger partial charge in [0.15, 0.2) is 0 Å². The van der Waals surface area contributed by atoms with Gasteiger partial charge in [-0.25, -0.2) is 0 Å². The molecule has 0 spiro atoms. The molecule has 0 atom stereocenters. The molecule has 4 aromatic carbocycles. The first-order valence-electron chi connectivity index (χ1n) is 14.4. The van der Waals surface area contributed by atoms with E-state index >= 15 is 0 Å². The Bertz CT molecular complexity index is 1310. The Morgan fingerprint density at radius 1 is 0.475 bits per heavy atom. The first-order valence-corrected chi connectivity index (χ1v) is 14.4. The summed E-state index contributed by atoms with van der Waals surface area (Å²) in [7, 11) is 0. The lowest BCUT2D eigenvalue weighted by Gasteiger charge is -2.13. The molecule has 0 saturated heterocycles. The van der Waals surface area contributed by atoms with E-state index in [1.54, 1.807) is 0 Å². The molecule has 0 fully saturated rings. The molecule has 40 heavy (non-hydrogen) atoms. The molecule has 4 aromatic rings. The summed E-state index contributed by atoms with van der Waals surface area (Å²) in [6.45, 7) is 2.68. The highest BCUT2D eigenvalue weighted by atomic mass is 16.5. The molecule has 4 N–H and O–H groups in total. The molecule has 0 bridgehead atoms. The highest BCUT2D eigenvalue weighted by Crippen LogP contribution is 2.23. The molecule has 5 heteroatoms. The van der Waals surface area contributed by atoms with E-state index in [1.165, 1.54) is 27.8 Å². The van der Waals surface area contributed by atoms with Gasteiger partial charge in [0.1, 0.15) is 37.1 Å². The van der Waals surface area contributed by atoms with Crippen LogP contribution in [0.1, 0.15) is 40.7 Å². The van der Waals surface area contributed by atoms with Gasteiger partial charge < -0.3 is 25.7 Å². The maximum absolute atomic E-state index is 6.31. The van der Waals surface area contributed by atoms with Crippen LogP contribution in [0.4, 0.5) is 0 Å². The monoisotopic (exact) mass is 538 g/mol. The fourth-order valence-electron chi connectivity index (χ4n) is 4.76. The lowest BCUT2D eigenvalue weighted by atomic mass is 10.0. The maximum Gasteiger partial charge on any atom is 0.123 e. The fraction of sp³-hybridized carbons (Fsp3) is 0.314. The van der Waals surface area contributed by atoms with Crippen LogP contribution in [0.2, 0.25) is 0 Å². The van der Waals surface area contributed by atoms with E-state index in [4.69, 9.17) is 25.7 Å². The van der Waals surface area contributed by atoms with Gasteiger partial charge in [0, 0.05) is 13.1 Å². The molecule has 4 rings (SSSR count). The second kappa shape index (κ2) is 16.3. The van der Waals surface area contributed by atoms with Gasteiger partial charge in [-0.1, -0.05) is 66.7 Å². The van der Waals surface area contributed by atoms with Crippen molar-refractivity contribution in [2.45, 2.75) is 45.1 Å². The predicted octanol–water partition coefficient (Wildman–Crippen LogP) is 6.29. The van der Waals surface area contributed by atoms with Crippen molar-refractivity contribution in [1.82, 2.24) is 0 Å². The minimum atomic E-state index is 0.513. The van der Waals surface area contributed by atoms with Crippen LogP contribution in [0.25, 0.3) is 0 Å². The number of ether oxygens (including phenoxy) is 3. The number of hydrogen-bond donors (Lipinski definition) is 2. The third kappa shape index (κ3) is 9.74. The van der Waals surface area contributed by atoms with Gasteiger partial charge >= 0.3 is 0 Å². The largest absolute Gasteiger partial charge is 0.492 e. The number of nitrogens with two attached hydrogens (primary N) is 2. The molecular formula is C35H42N2O3. The van der Waals surface area contributed by atoms with Crippen LogP contribution in [0.5, 0.6) is 17.2 Å². The van der Waals surface area contributed by atoms with Crippen molar-refractivity contribution in [2.75, 3.05) is 26.3 Å². The van der Waals surface area contributed by atoms with E-state index in [0.29, 0.717) is 32.9 Å². The van der Waals surface area contributed by atoms with E-state index in [1.807, 2.05) is 24.3 Å². The van der Waals surface area contributed by atoms with Gasteiger partial charge in [0.05, 0.1) is 0 Å². The van der Waals surface area contributed by atoms with Crippen molar-refractivity contribution in [3.63, 3.8) is 0 Å². The van der Waals surface area contributed by atoms with Gasteiger partial charge in [-0.2, -0.15) is 0 Å². The van der Waals surface area contributed by atoms with Gasteiger partial charge in [-0.15, -0.1) is 0 Å². The highest BCUT2D eigenvalue weighted by molar-refractivity contribution is 5.36. The summed E-state index contributed by atoms with van der Waals surface area (Å²) in [6.07, 6.45) is 6.20. The summed E-state index contributed by atoms with van der Waals surface area (Å²) in [6, 6.07) is 33.7. The molecular weight excluding hydrogens is 496 g/mol. The quantitative estimate of drug-likeness (QED) is 0.154. The van der Waals surface area contributed by atoms with E-state index in [0.717, 1.165) is 55.8 Å². The Morgan fingerprint density at radius 2 is 1.02 bits per heavy atom. The molecule has 0 amide bonds.